The first-order chi connectivity index (χ1) is 9.58. The molecule has 1 fully saturated rings. The summed E-state index contributed by atoms with van der Waals surface area (Å²) in [4.78, 5) is 24.9. The lowest BCUT2D eigenvalue weighted by atomic mass is 9.97. The fraction of sp³-hybridized carbons (Fsp3) is 0.467. The molecular weight excluding hydrogens is 256 g/mol. The maximum absolute atomic E-state index is 12.3. The van der Waals surface area contributed by atoms with Crippen molar-refractivity contribution < 1.29 is 14.7 Å². The van der Waals surface area contributed by atoms with E-state index in [1.807, 2.05) is 30.3 Å². The molecule has 3 N–H and O–H groups in total. The molecule has 0 spiro atoms. The van der Waals surface area contributed by atoms with Crippen LogP contribution in [0, 0.1) is 5.92 Å². The number of carbonyl (C=O) groups is 2. The maximum Gasteiger partial charge on any atom is 0.308 e. The number of benzene rings is 1. The van der Waals surface area contributed by atoms with Crippen LogP contribution >= 0.6 is 0 Å². The van der Waals surface area contributed by atoms with Crippen molar-refractivity contribution in [2.45, 2.75) is 25.3 Å². The molecule has 2 atom stereocenters. The minimum atomic E-state index is -0.834. The third kappa shape index (κ3) is 3.57. The molecular formula is C15H20N2O3. The highest BCUT2D eigenvalue weighted by atomic mass is 16.4. The Morgan fingerprint density at radius 2 is 2.05 bits per heavy atom. The van der Waals surface area contributed by atoms with Crippen molar-refractivity contribution in [1.29, 1.82) is 0 Å². The monoisotopic (exact) mass is 276 g/mol. The zero-order chi connectivity index (χ0) is 14.5. The highest BCUT2D eigenvalue weighted by Crippen LogP contribution is 2.17. The Balaban J connectivity index is 1.94. The van der Waals surface area contributed by atoms with Gasteiger partial charge in [-0.05, 0) is 24.8 Å². The molecule has 1 saturated heterocycles. The number of hydrogen-bond acceptors (Lipinski definition) is 3. The van der Waals surface area contributed by atoms with Crippen LogP contribution in [0.25, 0.3) is 0 Å². The molecule has 0 aliphatic carbocycles. The quantitative estimate of drug-likeness (QED) is 0.855. The van der Waals surface area contributed by atoms with E-state index in [-0.39, 0.29) is 12.5 Å². The number of likely N-dealkylation sites (tertiary alicyclic amines) is 1. The van der Waals surface area contributed by atoms with E-state index in [2.05, 4.69) is 0 Å². The Labute approximate surface area is 118 Å². The van der Waals surface area contributed by atoms with E-state index in [4.69, 9.17) is 10.8 Å². The molecule has 20 heavy (non-hydrogen) atoms. The highest BCUT2D eigenvalue weighted by molar-refractivity contribution is 5.83. The number of carbonyl (C=O) groups excluding carboxylic acids is 1. The predicted octanol–water partition coefficient (Wildman–Crippen LogP) is 0.880. The van der Waals surface area contributed by atoms with Gasteiger partial charge in [0.1, 0.15) is 0 Å². The van der Waals surface area contributed by atoms with E-state index in [1.165, 1.54) is 0 Å². The smallest absolute Gasteiger partial charge is 0.308 e. The Bertz CT molecular complexity index is 475. The van der Waals surface area contributed by atoms with Gasteiger partial charge in [-0.2, -0.15) is 0 Å². The number of carboxylic acids is 1. The fourth-order valence-electron chi connectivity index (χ4n) is 2.57. The molecule has 0 bridgehead atoms. The standard InChI is InChI=1S/C15H20N2O3/c16-13(9-11-5-2-1-3-6-11)14(18)17-8-4-7-12(10-17)15(19)20/h1-3,5-6,12-13H,4,7-10,16H2,(H,19,20)/t12-,13+/m0/s1. The SMILES string of the molecule is N[C@H](Cc1ccccc1)C(=O)N1CCC[C@H](C(=O)O)C1. The second-order valence-electron chi connectivity index (χ2n) is 5.26. The zero-order valence-corrected chi connectivity index (χ0v) is 11.4. The summed E-state index contributed by atoms with van der Waals surface area (Å²) in [5, 5.41) is 9.04. The van der Waals surface area contributed by atoms with Crippen LogP contribution < -0.4 is 5.73 Å². The van der Waals surface area contributed by atoms with E-state index in [0.29, 0.717) is 19.4 Å². The van der Waals surface area contributed by atoms with Gasteiger partial charge in [0.25, 0.3) is 0 Å². The summed E-state index contributed by atoms with van der Waals surface area (Å²) in [6, 6.07) is 9.00. The normalized spacial score (nSPS) is 20.4. The number of rotatable bonds is 4. The van der Waals surface area contributed by atoms with E-state index in [0.717, 1.165) is 12.0 Å². The third-order valence-electron chi connectivity index (χ3n) is 3.70. The third-order valence-corrected chi connectivity index (χ3v) is 3.70. The fourth-order valence-corrected chi connectivity index (χ4v) is 2.57. The molecule has 1 aromatic carbocycles. The maximum atomic E-state index is 12.3. The number of hydrogen-bond donors (Lipinski definition) is 2. The first-order valence-corrected chi connectivity index (χ1v) is 6.89. The number of amides is 1. The second kappa shape index (κ2) is 6.52. The second-order valence-corrected chi connectivity index (χ2v) is 5.26. The summed E-state index contributed by atoms with van der Waals surface area (Å²) < 4.78 is 0. The summed E-state index contributed by atoms with van der Waals surface area (Å²) in [5.41, 5.74) is 6.98. The topological polar surface area (TPSA) is 83.6 Å². The molecule has 5 heteroatoms. The average molecular weight is 276 g/mol. The predicted molar refractivity (Wildman–Crippen MR) is 75.1 cm³/mol. The molecule has 1 heterocycles. The molecule has 1 amide bonds. The van der Waals surface area contributed by atoms with Gasteiger partial charge in [-0.3, -0.25) is 9.59 Å². The van der Waals surface area contributed by atoms with Crippen molar-refractivity contribution in [3.8, 4) is 0 Å². The molecule has 1 aliphatic rings. The molecule has 0 radical (unpaired) electrons. The minimum absolute atomic E-state index is 0.153. The summed E-state index contributed by atoms with van der Waals surface area (Å²) in [6.07, 6.45) is 1.84. The van der Waals surface area contributed by atoms with Gasteiger partial charge in [-0.25, -0.2) is 0 Å². The minimum Gasteiger partial charge on any atom is -0.481 e. The number of piperidine rings is 1. The average Bonchev–Trinajstić information content (AvgIpc) is 2.47. The Hall–Kier alpha value is -1.88. The molecule has 2 rings (SSSR count). The van der Waals surface area contributed by atoms with Gasteiger partial charge in [0.15, 0.2) is 0 Å². The lowest BCUT2D eigenvalue weighted by Crippen LogP contribution is -2.49. The Kier molecular flexibility index (Phi) is 4.74. The van der Waals surface area contributed by atoms with Gasteiger partial charge in [0.05, 0.1) is 12.0 Å². The molecule has 0 unspecified atom stereocenters. The first kappa shape index (κ1) is 14.5. The largest absolute Gasteiger partial charge is 0.481 e. The van der Waals surface area contributed by atoms with Gasteiger partial charge >= 0.3 is 5.97 Å². The highest BCUT2D eigenvalue weighted by Gasteiger charge is 2.30. The number of aliphatic carboxylic acids is 1. The van der Waals surface area contributed by atoms with E-state index < -0.39 is 17.9 Å². The Morgan fingerprint density at radius 1 is 1.35 bits per heavy atom. The van der Waals surface area contributed by atoms with Crippen molar-refractivity contribution in [1.82, 2.24) is 4.90 Å². The van der Waals surface area contributed by atoms with Crippen molar-refractivity contribution >= 4 is 11.9 Å². The lowest BCUT2D eigenvalue weighted by Gasteiger charge is -2.32. The lowest BCUT2D eigenvalue weighted by molar-refractivity contribution is -0.146. The van der Waals surface area contributed by atoms with Gasteiger partial charge in [0.2, 0.25) is 5.91 Å². The first-order valence-electron chi connectivity index (χ1n) is 6.89. The van der Waals surface area contributed by atoms with Crippen molar-refractivity contribution in [2.75, 3.05) is 13.1 Å². The molecule has 5 nitrogen and oxygen atoms in total. The van der Waals surface area contributed by atoms with Gasteiger partial charge in [-0.1, -0.05) is 30.3 Å². The van der Waals surface area contributed by atoms with Crippen LogP contribution in [-0.2, 0) is 16.0 Å². The Morgan fingerprint density at radius 3 is 2.70 bits per heavy atom. The van der Waals surface area contributed by atoms with Gasteiger partial charge in [0, 0.05) is 13.1 Å². The summed E-state index contributed by atoms with van der Waals surface area (Å²) >= 11 is 0. The molecule has 0 saturated carbocycles. The van der Waals surface area contributed by atoms with Crippen LogP contribution in [0.3, 0.4) is 0 Å². The summed E-state index contributed by atoms with van der Waals surface area (Å²) in [7, 11) is 0. The van der Waals surface area contributed by atoms with Crippen molar-refractivity contribution in [2.24, 2.45) is 11.7 Å². The van der Waals surface area contributed by atoms with Crippen LogP contribution in [0.15, 0.2) is 30.3 Å². The van der Waals surface area contributed by atoms with Crippen LogP contribution in [0.1, 0.15) is 18.4 Å². The van der Waals surface area contributed by atoms with E-state index in [1.54, 1.807) is 4.90 Å². The van der Waals surface area contributed by atoms with Gasteiger partial charge < -0.3 is 15.7 Å². The summed E-state index contributed by atoms with van der Waals surface area (Å²) in [5.74, 6) is -1.45. The number of nitrogens with two attached hydrogens (primary N) is 1. The van der Waals surface area contributed by atoms with Crippen molar-refractivity contribution in [3.05, 3.63) is 35.9 Å². The zero-order valence-electron chi connectivity index (χ0n) is 11.4. The molecule has 0 aromatic heterocycles. The molecule has 1 aromatic rings. The number of nitrogens with zero attached hydrogens (tertiary/aromatic N) is 1. The van der Waals surface area contributed by atoms with Crippen LogP contribution in [0.2, 0.25) is 0 Å². The van der Waals surface area contributed by atoms with E-state index >= 15 is 0 Å². The molecule has 1 aliphatic heterocycles. The molecule has 108 valence electrons. The van der Waals surface area contributed by atoms with E-state index in [9.17, 15) is 9.59 Å². The van der Waals surface area contributed by atoms with Crippen LogP contribution in [0.4, 0.5) is 0 Å². The number of carboxylic acid groups (broad SMARTS) is 1. The van der Waals surface area contributed by atoms with Crippen LogP contribution in [0.5, 0.6) is 0 Å². The van der Waals surface area contributed by atoms with Crippen molar-refractivity contribution in [3.63, 3.8) is 0 Å². The van der Waals surface area contributed by atoms with Crippen LogP contribution in [-0.4, -0.2) is 41.0 Å². The van der Waals surface area contributed by atoms with Gasteiger partial charge in [-0.15, -0.1) is 0 Å². The summed E-state index contributed by atoms with van der Waals surface area (Å²) in [6.45, 7) is 0.877.